The summed E-state index contributed by atoms with van der Waals surface area (Å²) >= 11 is 0. The zero-order valence-electron chi connectivity index (χ0n) is 19.5. The summed E-state index contributed by atoms with van der Waals surface area (Å²) in [6, 6.07) is 6.29. The van der Waals surface area contributed by atoms with Gasteiger partial charge in [0.05, 0.1) is 11.1 Å². The van der Waals surface area contributed by atoms with Gasteiger partial charge in [-0.2, -0.15) is 0 Å². The van der Waals surface area contributed by atoms with Crippen molar-refractivity contribution in [3.63, 3.8) is 0 Å². The third kappa shape index (κ3) is 5.52. The number of aliphatic hydroxyl groups is 2. The summed E-state index contributed by atoms with van der Waals surface area (Å²) in [5.74, 6) is -4.82. The Morgan fingerprint density at radius 2 is 1.09 bits per heavy atom. The molecule has 0 aliphatic heterocycles. The molecule has 6 heteroatoms. The van der Waals surface area contributed by atoms with E-state index in [0.29, 0.717) is 0 Å². The molecule has 2 aliphatic rings. The molecule has 32 heavy (non-hydrogen) atoms. The lowest BCUT2D eigenvalue weighted by atomic mass is 9.82. The van der Waals surface area contributed by atoms with Crippen LogP contribution < -0.4 is 0 Å². The second-order valence-corrected chi connectivity index (χ2v) is 9.39. The number of rotatable bonds is 8. The quantitative estimate of drug-likeness (QED) is 0.413. The highest BCUT2D eigenvalue weighted by atomic mass is 16.7. The highest BCUT2D eigenvalue weighted by Gasteiger charge is 2.42. The first-order valence-corrected chi connectivity index (χ1v) is 12.3. The Bertz CT molecular complexity index is 715. The van der Waals surface area contributed by atoms with E-state index in [2.05, 4.69) is 0 Å². The van der Waals surface area contributed by atoms with Gasteiger partial charge in [0.25, 0.3) is 0 Å². The van der Waals surface area contributed by atoms with E-state index < -0.39 is 23.5 Å². The Kier molecular flexibility index (Phi) is 8.34. The molecule has 0 aromatic heterocycles. The SMILES string of the molecule is CCC(O)(OC(=O)c1ccccc1C(=O)OC(O)(CC)C1CCCCC1)C1CCCCC1. The molecule has 0 saturated heterocycles. The monoisotopic (exact) mass is 446 g/mol. The fourth-order valence-corrected chi connectivity index (χ4v) is 5.27. The summed E-state index contributed by atoms with van der Waals surface area (Å²) in [6.07, 6.45) is 10.1. The largest absolute Gasteiger partial charge is 0.429 e. The maximum Gasteiger partial charge on any atom is 0.341 e. The predicted molar refractivity (Wildman–Crippen MR) is 121 cm³/mol. The van der Waals surface area contributed by atoms with Crippen molar-refractivity contribution in [2.45, 2.75) is 102 Å². The molecule has 0 bridgehead atoms. The van der Waals surface area contributed by atoms with Crippen molar-refractivity contribution in [3.05, 3.63) is 35.4 Å². The summed E-state index contributed by atoms with van der Waals surface area (Å²) in [5, 5.41) is 22.2. The summed E-state index contributed by atoms with van der Waals surface area (Å²) in [6.45, 7) is 3.60. The van der Waals surface area contributed by atoms with Gasteiger partial charge in [0.1, 0.15) is 0 Å². The van der Waals surface area contributed by atoms with E-state index in [0.717, 1.165) is 64.2 Å². The fourth-order valence-electron chi connectivity index (χ4n) is 5.27. The Balaban J connectivity index is 1.78. The van der Waals surface area contributed by atoms with Crippen molar-refractivity contribution in [1.29, 1.82) is 0 Å². The molecule has 0 amide bonds. The molecular weight excluding hydrogens is 408 g/mol. The Hall–Kier alpha value is -1.92. The van der Waals surface area contributed by atoms with E-state index in [1.54, 1.807) is 26.0 Å². The molecule has 1 aromatic carbocycles. The maximum absolute atomic E-state index is 13.1. The van der Waals surface area contributed by atoms with Crippen molar-refractivity contribution in [2.24, 2.45) is 11.8 Å². The Morgan fingerprint density at radius 3 is 1.41 bits per heavy atom. The van der Waals surface area contributed by atoms with Gasteiger partial charge < -0.3 is 19.7 Å². The molecule has 3 rings (SSSR count). The molecule has 178 valence electrons. The van der Waals surface area contributed by atoms with Crippen LogP contribution >= 0.6 is 0 Å². The minimum absolute atomic E-state index is 0.0438. The number of hydrogen-bond acceptors (Lipinski definition) is 6. The highest BCUT2D eigenvalue weighted by molar-refractivity contribution is 6.03. The summed E-state index contributed by atoms with van der Waals surface area (Å²) in [4.78, 5) is 26.1. The van der Waals surface area contributed by atoms with E-state index in [1.165, 1.54) is 12.1 Å². The first-order valence-electron chi connectivity index (χ1n) is 12.3. The molecule has 2 aliphatic carbocycles. The zero-order chi connectivity index (χ0) is 23.2. The number of hydrogen-bond donors (Lipinski definition) is 2. The zero-order valence-corrected chi connectivity index (χ0v) is 19.5. The lowest BCUT2D eigenvalue weighted by Gasteiger charge is -2.37. The van der Waals surface area contributed by atoms with Gasteiger partial charge >= 0.3 is 11.9 Å². The van der Waals surface area contributed by atoms with Gasteiger partial charge in [-0.1, -0.05) is 64.5 Å². The van der Waals surface area contributed by atoms with E-state index in [9.17, 15) is 19.8 Å². The fraction of sp³-hybridized carbons (Fsp3) is 0.692. The van der Waals surface area contributed by atoms with Crippen LogP contribution in [0.1, 0.15) is 112 Å². The van der Waals surface area contributed by atoms with Crippen molar-refractivity contribution in [1.82, 2.24) is 0 Å². The number of carbonyl (C=O) groups excluding carboxylic acids is 2. The van der Waals surface area contributed by atoms with Crippen LogP contribution in [0.3, 0.4) is 0 Å². The minimum Gasteiger partial charge on any atom is -0.429 e. The Morgan fingerprint density at radius 1 is 0.750 bits per heavy atom. The molecule has 0 radical (unpaired) electrons. The summed E-state index contributed by atoms with van der Waals surface area (Å²) in [7, 11) is 0. The number of ether oxygens (including phenoxy) is 2. The molecule has 0 heterocycles. The van der Waals surface area contributed by atoms with Gasteiger partial charge in [-0.3, -0.25) is 0 Å². The average Bonchev–Trinajstić information content (AvgIpc) is 2.84. The van der Waals surface area contributed by atoms with Gasteiger partial charge in [-0.05, 0) is 37.8 Å². The average molecular weight is 447 g/mol. The topological polar surface area (TPSA) is 93.1 Å². The molecule has 0 spiro atoms. The van der Waals surface area contributed by atoms with Gasteiger partial charge in [0.15, 0.2) is 0 Å². The van der Waals surface area contributed by atoms with Crippen LogP contribution in [0.2, 0.25) is 0 Å². The number of esters is 2. The maximum atomic E-state index is 13.1. The van der Waals surface area contributed by atoms with Gasteiger partial charge in [-0.25, -0.2) is 9.59 Å². The van der Waals surface area contributed by atoms with Crippen LogP contribution in [0.25, 0.3) is 0 Å². The van der Waals surface area contributed by atoms with Crippen LogP contribution in [0.5, 0.6) is 0 Å². The Labute approximate surface area is 191 Å². The first kappa shape index (κ1) is 24.7. The molecule has 1 aromatic rings. The van der Waals surface area contributed by atoms with Crippen LogP contribution in [0.15, 0.2) is 24.3 Å². The van der Waals surface area contributed by atoms with Crippen molar-refractivity contribution < 1.29 is 29.3 Å². The number of benzene rings is 1. The third-order valence-corrected chi connectivity index (χ3v) is 7.41. The lowest BCUT2D eigenvalue weighted by molar-refractivity contribution is -0.210. The van der Waals surface area contributed by atoms with Gasteiger partial charge in [0, 0.05) is 24.7 Å². The van der Waals surface area contributed by atoms with Gasteiger partial charge in [-0.15, -0.1) is 0 Å². The van der Waals surface area contributed by atoms with E-state index in [4.69, 9.17) is 9.47 Å². The van der Waals surface area contributed by atoms with Crippen LogP contribution in [-0.4, -0.2) is 33.7 Å². The second kappa shape index (κ2) is 10.8. The lowest BCUT2D eigenvalue weighted by Crippen LogP contribution is -2.44. The molecule has 2 fully saturated rings. The molecular formula is C26H38O6. The second-order valence-electron chi connectivity index (χ2n) is 9.39. The smallest absolute Gasteiger partial charge is 0.341 e. The van der Waals surface area contributed by atoms with Crippen LogP contribution in [0, 0.1) is 11.8 Å². The molecule has 2 atom stereocenters. The van der Waals surface area contributed by atoms with Crippen molar-refractivity contribution in [3.8, 4) is 0 Å². The normalized spacial score (nSPS) is 21.9. The highest BCUT2D eigenvalue weighted by Crippen LogP contribution is 2.38. The standard InChI is InChI=1S/C26H38O6/c1-3-25(29,19-13-7-5-8-14-19)31-23(27)21-17-11-12-18-22(21)24(28)32-26(30,4-2)20-15-9-6-10-16-20/h11-12,17-20,29-30H,3-10,13-16H2,1-2H3. The van der Waals surface area contributed by atoms with Crippen LogP contribution in [-0.2, 0) is 9.47 Å². The van der Waals surface area contributed by atoms with E-state index >= 15 is 0 Å². The van der Waals surface area contributed by atoms with Crippen molar-refractivity contribution in [2.75, 3.05) is 0 Å². The molecule has 2 N–H and O–H groups in total. The summed E-state index contributed by atoms with van der Waals surface area (Å²) in [5.41, 5.74) is 0.0876. The molecule has 6 nitrogen and oxygen atoms in total. The minimum atomic E-state index is -1.55. The predicted octanol–water partition coefficient (Wildman–Crippen LogP) is 5.36. The van der Waals surface area contributed by atoms with Gasteiger partial charge in [0.2, 0.25) is 11.6 Å². The molecule has 2 saturated carbocycles. The first-order chi connectivity index (χ1) is 15.3. The van der Waals surface area contributed by atoms with Crippen LogP contribution in [0.4, 0.5) is 0 Å². The molecule has 2 unspecified atom stereocenters. The van der Waals surface area contributed by atoms with E-state index in [1.807, 2.05) is 0 Å². The summed E-state index contributed by atoms with van der Waals surface area (Å²) < 4.78 is 11.2. The number of carbonyl (C=O) groups is 2. The van der Waals surface area contributed by atoms with Crippen molar-refractivity contribution >= 4 is 11.9 Å². The van der Waals surface area contributed by atoms with E-state index in [-0.39, 0.29) is 35.8 Å². The third-order valence-electron chi connectivity index (χ3n) is 7.41.